The van der Waals surface area contributed by atoms with Crippen LogP contribution in [0.15, 0.2) is 84.9 Å². The van der Waals surface area contributed by atoms with Gasteiger partial charge in [0.15, 0.2) is 0 Å². The van der Waals surface area contributed by atoms with Gasteiger partial charge in [0.2, 0.25) is 5.69 Å². The molecule has 7 heteroatoms. The normalized spacial score (nSPS) is 10.7. The standard InChI is InChI=1S/C20H14N4O3/c25-23-20(16-9-5-2-6-10-16)19(15-7-3-1-4-8-15)21-22(23)17-11-13-18(14-12-17)24(26)27/h1-14H. The van der Waals surface area contributed by atoms with E-state index < -0.39 is 4.92 Å². The Morgan fingerprint density at radius 3 is 1.93 bits per heavy atom. The quantitative estimate of drug-likeness (QED) is 0.241. The van der Waals surface area contributed by atoms with Crippen LogP contribution in [0.4, 0.5) is 5.69 Å². The SMILES string of the molecule is O=[N+]([O-])c1ccc(-n2nc(-c3ccccc3)c(-c3ccccc3)[n+]2[O-])cc1. The molecule has 27 heavy (non-hydrogen) atoms. The summed E-state index contributed by atoms with van der Waals surface area (Å²) >= 11 is 0. The summed E-state index contributed by atoms with van der Waals surface area (Å²) in [5.74, 6) is 0. The summed E-state index contributed by atoms with van der Waals surface area (Å²) in [5.41, 5.74) is 2.89. The van der Waals surface area contributed by atoms with E-state index in [1.165, 1.54) is 29.1 Å². The Bertz CT molecular complexity index is 1090. The van der Waals surface area contributed by atoms with Gasteiger partial charge in [0.1, 0.15) is 5.69 Å². The first-order valence-electron chi connectivity index (χ1n) is 8.23. The van der Waals surface area contributed by atoms with Gasteiger partial charge in [0.25, 0.3) is 11.4 Å². The number of nitro benzene ring substituents is 1. The average Bonchev–Trinajstić information content (AvgIpc) is 3.06. The fourth-order valence-electron chi connectivity index (χ4n) is 2.87. The van der Waals surface area contributed by atoms with Gasteiger partial charge in [-0.3, -0.25) is 10.1 Å². The Kier molecular flexibility index (Phi) is 4.10. The van der Waals surface area contributed by atoms with E-state index in [4.69, 9.17) is 0 Å². The zero-order valence-electron chi connectivity index (χ0n) is 14.1. The van der Waals surface area contributed by atoms with E-state index in [0.29, 0.717) is 21.9 Å². The van der Waals surface area contributed by atoms with Crippen molar-refractivity contribution >= 4 is 5.69 Å². The maximum atomic E-state index is 13.1. The Morgan fingerprint density at radius 1 is 0.815 bits per heavy atom. The molecule has 0 spiro atoms. The third-order valence-corrected chi connectivity index (χ3v) is 4.17. The van der Waals surface area contributed by atoms with E-state index in [1.807, 2.05) is 60.7 Å². The van der Waals surface area contributed by atoms with Gasteiger partial charge in [-0.15, -0.1) is 4.85 Å². The van der Waals surface area contributed by atoms with Crippen molar-refractivity contribution in [1.82, 2.24) is 9.90 Å². The van der Waals surface area contributed by atoms with Crippen LogP contribution in [0.3, 0.4) is 0 Å². The number of rotatable bonds is 4. The van der Waals surface area contributed by atoms with Crippen molar-refractivity contribution in [3.63, 3.8) is 0 Å². The number of hydrogen-bond acceptors (Lipinski definition) is 4. The third kappa shape index (κ3) is 3.02. The number of non-ortho nitro benzene ring substituents is 1. The summed E-state index contributed by atoms with van der Waals surface area (Å²) in [5, 5.41) is 28.4. The second-order valence-electron chi connectivity index (χ2n) is 5.87. The molecule has 3 aromatic carbocycles. The molecule has 0 radical (unpaired) electrons. The maximum absolute atomic E-state index is 13.1. The van der Waals surface area contributed by atoms with Crippen molar-refractivity contribution in [3.8, 4) is 28.2 Å². The number of aromatic nitrogens is 3. The molecular formula is C20H14N4O3. The largest absolute Gasteiger partial charge is 0.692 e. The number of nitro groups is 1. The van der Waals surface area contributed by atoms with Crippen molar-refractivity contribution in [3.05, 3.63) is 100 Å². The minimum atomic E-state index is -0.483. The van der Waals surface area contributed by atoms with Gasteiger partial charge in [-0.1, -0.05) is 60.7 Å². The highest BCUT2D eigenvalue weighted by Crippen LogP contribution is 2.28. The van der Waals surface area contributed by atoms with Crippen molar-refractivity contribution in [2.75, 3.05) is 0 Å². The van der Waals surface area contributed by atoms with Crippen molar-refractivity contribution in [2.24, 2.45) is 0 Å². The molecule has 0 atom stereocenters. The lowest BCUT2D eigenvalue weighted by Crippen LogP contribution is -2.38. The summed E-state index contributed by atoms with van der Waals surface area (Å²) in [6, 6.07) is 24.4. The Hall–Kier alpha value is -4.00. The van der Waals surface area contributed by atoms with E-state index >= 15 is 0 Å². The topological polar surface area (TPSA) is 87.9 Å². The highest BCUT2D eigenvalue weighted by Gasteiger charge is 2.26. The molecule has 0 fully saturated rings. The molecule has 0 bridgehead atoms. The highest BCUT2D eigenvalue weighted by atomic mass is 16.6. The minimum absolute atomic E-state index is 0.0464. The molecule has 4 aromatic rings. The van der Waals surface area contributed by atoms with E-state index in [2.05, 4.69) is 5.10 Å². The highest BCUT2D eigenvalue weighted by molar-refractivity contribution is 5.75. The third-order valence-electron chi connectivity index (χ3n) is 4.17. The Labute approximate surface area is 154 Å². The van der Waals surface area contributed by atoms with Crippen LogP contribution in [0.1, 0.15) is 0 Å². The predicted octanol–water partition coefficient (Wildman–Crippen LogP) is 3.75. The Balaban J connectivity index is 1.92. The molecule has 0 aliphatic rings. The maximum Gasteiger partial charge on any atom is 0.269 e. The van der Waals surface area contributed by atoms with Crippen LogP contribution in [-0.2, 0) is 0 Å². The summed E-state index contributed by atoms with van der Waals surface area (Å²) in [6.45, 7) is 0. The minimum Gasteiger partial charge on any atom is -0.692 e. The van der Waals surface area contributed by atoms with Crippen LogP contribution >= 0.6 is 0 Å². The second-order valence-corrected chi connectivity index (χ2v) is 5.87. The van der Waals surface area contributed by atoms with Gasteiger partial charge in [0, 0.05) is 23.3 Å². The zero-order chi connectivity index (χ0) is 18.8. The lowest BCUT2D eigenvalue weighted by molar-refractivity contribution is -0.678. The van der Waals surface area contributed by atoms with Crippen LogP contribution in [0.5, 0.6) is 0 Å². The molecule has 0 saturated carbocycles. The van der Waals surface area contributed by atoms with Crippen molar-refractivity contribution < 1.29 is 9.77 Å². The van der Waals surface area contributed by atoms with Crippen LogP contribution in [0.2, 0.25) is 0 Å². The summed E-state index contributed by atoms with van der Waals surface area (Å²) < 4.78 is 0. The van der Waals surface area contributed by atoms with E-state index in [1.54, 1.807) is 0 Å². The summed E-state index contributed by atoms with van der Waals surface area (Å²) in [6.07, 6.45) is 0. The smallest absolute Gasteiger partial charge is 0.269 e. The first-order chi connectivity index (χ1) is 13.1. The number of hydrogen-bond donors (Lipinski definition) is 0. The lowest BCUT2D eigenvalue weighted by atomic mass is 10.1. The zero-order valence-corrected chi connectivity index (χ0v) is 14.1. The van der Waals surface area contributed by atoms with Crippen LogP contribution < -0.4 is 4.85 Å². The molecule has 0 unspecified atom stereocenters. The van der Waals surface area contributed by atoms with Gasteiger partial charge < -0.3 is 5.21 Å². The lowest BCUT2D eigenvalue weighted by Gasteiger charge is -2.07. The predicted molar refractivity (Wildman–Crippen MR) is 100 cm³/mol. The fourth-order valence-corrected chi connectivity index (χ4v) is 2.87. The molecule has 1 heterocycles. The number of benzene rings is 3. The fraction of sp³-hybridized carbons (Fsp3) is 0. The van der Waals surface area contributed by atoms with Gasteiger partial charge in [-0.25, -0.2) is 0 Å². The van der Waals surface area contributed by atoms with E-state index in [0.717, 1.165) is 11.1 Å². The summed E-state index contributed by atoms with van der Waals surface area (Å²) in [4.78, 5) is 12.3. The molecule has 4 rings (SSSR count). The molecule has 0 amide bonds. The number of nitrogens with zero attached hydrogens (tertiary/aromatic N) is 4. The van der Waals surface area contributed by atoms with Crippen LogP contribution in [0, 0.1) is 15.3 Å². The van der Waals surface area contributed by atoms with Crippen LogP contribution in [0.25, 0.3) is 28.2 Å². The molecular weight excluding hydrogens is 344 g/mol. The van der Waals surface area contributed by atoms with Crippen LogP contribution in [-0.4, -0.2) is 14.8 Å². The monoisotopic (exact) mass is 358 g/mol. The molecule has 0 aliphatic carbocycles. The van der Waals surface area contributed by atoms with Gasteiger partial charge in [-0.2, -0.15) is 0 Å². The molecule has 0 saturated heterocycles. The van der Waals surface area contributed by atoms with E-state index in [-0.39, 0.29) is 5.69 Å². The molecule has 0 N–H and O–H groups in total. The second kappa shape index (κ2) is 6.72. The molecule has 0 aliphatic heterocycles. The molecule has 1 aromatic heterocycles. The first kappa shape index (κ1) is 16.5. The molecule has 7 nitrogen and oxygen atoms in total. The first-order valence-corrected chi connectivity index (χ1v) is 8.23. The van der Waals surface area contributed by atoms with E-state index in [9.17, 15) is 15.3 Å². The van der Waals surface area contributed by atoms with Crippen molar-refractivity contribution in [1.29, 1.82) is 0 Å². The van der Waals surface area contributed by atoms with Gasteiger partial charge in [0.05, 0.1) is 10.0 Å². The molecule has 132 valence electrons. The van der Waals surface area contributed by atoms with Crippen molar-refractivity contribution in [2.45, 2.75) is 0 Å². The Morgan fingerprint density at radius 2 is 1.37 bits per heavy atom. The van der Waals surface area contributed by atoms with Gasteiger partial charge >= 0.3 is 0 Å². The summed E-state index contributed by atoms with van der Waals surface area (Å²) in [7, 11) is 0. The average molecular weight is 358 g/mol. The van der Waals surface area contributed by atoms with Gasteiger partial charge in [-0.05, 0) is 16.9 Å².